The van der Waals surface area contributed by atoms with Crippen molar-refractivity contribution in [3.8, 4) is 0 Å². The predicted octanol–water partition coefficient (Wildman–Crippen LogP) is 4.20. The fourth-order valence-electron chi connectivity index (χ4n) is 2.03. The average Bonchev–Trinajstić information content (AvgIpc) is 2.60. The van der Waals surface area contributed by atoms with Gasteiger partial charge in [0, 0.05) is 5.69 Å². The van der Waals surface area contributed by atoms with Gasteiger partial charge in [-0.3, -0.25) is 4.79 Å². The molecule has 0 fully saturated rings. The van der Waals surface area contributed by atoms with E-state index in [1.165, 1.54) is 31.4 Å². The van der Waals surface area contributed by atoms with Gasteiger partial charge < -0.3 is 15.4 Å². The third kappa shape index (κ3) is 5.13. The summed E-state index contributed by atoms with van der Waals surface area (Å²) in [5, 5.41) is 5.17. The number of rotatable bonds is 5. The Balaban J connectivity index is 1.98. The molecule has 2 aromatic rings. The van der Waals surface area contributed by atoms with Crippen molar-refractivity contribution in [2.24, 2.45) is 0 Å². The van der Waals surface area contributed by atoms with E-state index < -0.39 is 23.6 Å². The van der Waals surface area contributed by atoms with Crippen LogP contribution in [0.4, 0.5) is 24.5 Å². The monoisotopic (exact) mass is 386 g/mol. The zero-order valence-electron chi connectivity index (χ0n) is 13.5. The minimum Gasteiger partial charge on any atom is -0.465 e. The lowest BCUT2D eigenvalue weighted by Crippen LogP contribution is -2.22. The molecular weight excluding hydrogens is 373 g/mol. The molecule has 0 saturated carbocycles. The molecule has 0 unspecified atom stereocenters. The van der Waals surface area contributed by atoms with Crippen LogP contribution in [0.5, 0.6) is 0 Å². The van der Waals surface area contributed by atoms with Crippen molar-refractivity contribution in [2.75, 3.05) is 24.3 Å². The van der Waals surface area contributed by atoms with Crippen molar-refractivity contribution in [3.05, 3.63) is 58.6 Å². The van der Waals surface area contributed by atoms with Crippen LogP contribution in [-0.4, -0.2) is 25.5 Å². The zero-order chi connectivity index (χ0) is 19.3. The van der Waals surface area contributed by atoms with Crippen molar-refractivity contribution >= 4 is 34.9 Å². The normalized spacial score (nSPS) is 11.0. The van der Waals surface area contributed by atoms with Gasteiger partial charge in [-0.05, 0) is 42.5 Å². The smallest absolute Gasteiger partial charge is 0.416 e. The minimum absolute atomic E-state index is 0.00215. The minimum atomic E-state index is -4.51. The van der Waals surface area contributed by atoms with Gasteiger partial charge in [-0.2, -0.15) is 13.2 Å². The first kappa shape index (κ1) is 19.6. The summed E-state index contributed by atoms with van der Waals surface area (Å²) in [7, 11) is 1.25. The number of carbonyl (C=O) groups is 2. The zero-order valence-corrected chi connectivity index (χ0v) is 14.2. The Bertz CT molecular complexity index is 808. The van der Waals surface area contributed by atoms with Crippen molar-refractivity contribution in [1.82, 2.24) is 0 Å². The highest BCUT2D eigenvalue weighted by Gasteiger charge is 2.30. The lowest BCUT2D eigenvalue weighted by Gasteiger charge is -2.12. The molecule has 138 valence electrons. The van der Waals surface area contributed by atoms with Gasteiger partial charge in [0.1, 0.15) is 0 Å². The lowest BCUT2D eigenvalue weighted by molar-refractivity contribution is -0.137. The van der Waals surface area contributed by atoms with Crippen LogP contribution in [0, 0.1) is 0 Å². The average molecular weight is 387 g/mol. The Morgan fingerprint density at radius 3 is 2.35 bits per heavy atom. The number of alkyl halides is 3. The maximum absolute atomic E-state index is 12.7. The summed E-state index contributed by atoms with van der Waals surface area (Å²) in [4.78, 5) is 23.2. The Labute approximate surface area is 152 Å². The molecule has 0 atom stereocenters. The molecule has 1 amide bonds. The summed E-state index contributed by atoms with van der Waals surface area (Å²) in [5.41, 5.74) is -0.139. The van der Waals surface area contributed by atoms with Crippen LogP contribution in [0.15, 0.2) is 42.5 Å². The number of anilines is 2. The molecule has 0 aliphatic carbocycles. The number of hydrogen-bond acceptors (Lipinski definition) is 4. The maximum atomic E-state index is 12.7. The summed E-state index contributed by atoms with van der Waals surface area (Å²) < 4.78 is 42.7. The molecule has 0 radical (unpaired) electrons. The van der Waals surface area contributed by atoms with Crippen LogP contribution in [0.1, 0.15) is 15.9 Å². The lowest BCUT2D eigenvalue weighted by atomic mass is 10.2. The number of esters is 1. The van der Waals surface area contributed by atoms with Crippen molar-refractivity contribution in [2.45, 2.75) is 6.18 Å². The molecule has 0 bridgehead atoms. The van der Waals surface area contributed by atoms with Crippen LogP contribution < -0.4 is 10.6 Å². The van der Waals surface area contributed by atoms with E-state index in [9.17, 15) is 22.8 Å². The molecular formula is C17H14ClF3N2O3. The first-order valence-electron chi connectivity index (χ1n) is 7.29. The summed E-state index contributed by atoms with van der Waals surface area (Å²) in [6.45, 7) is -0.292. The molecule has 0 heterocycles. The van der Waals surface area contributed by atoms with E-state index in [2.05, 4.69) is 15.4 Å². The molecule has 0 aliphatic heterocycles. The highest BCUT2D eigenvalue weighted by atomic mass is 35.5. The molecule has 26 heavy (non-hydrogen) atoms. The number of benzene rings is 2. The number of methoxy groups -OCH3 is 1. The molecule has 0 spiro atoms. The quantitative estimate of drug-likeness (QED) is 0.756. The van der Waals surface area contributed by atoms with Crippen molar-refractivity contribution in [3.63, 3.8) is 0 Å². The first-order chi connectivity index (χ1) is 12.2. The van der Waals surface area contributed by atoms with Gasteiger partial charge in [0.25, 0.3) is 0 Å². The van der Waals surface area contributed by atoms with Crippen molar-refractivity contribution < 1.29 is 27.5 Å². The van der Waals surface area contributed by atoms with Gasteiger partial charge in [-0.25, -0.2) is 4.79 Å². The molecule has 9 heteroatoms. The van der Waals surface area contributed by atoms with Crippen LogP contribution >= 0.6 is 11.6 Å². The number of nitrogens with one attached hydrogen (secondary N) is 2. The van der Waals surface area contributed by atoms with Gasteiger partial charge in [-0.15, -0.1) is 0 Å². The molecule has 0 aromatic heterocycles. The molecule has 2 N–H and O–H groups in total. The van der Waals surface area contributed by atoms with E-state index in [0.29, 0.717) is 11.3 Å². The van der Waals surface area contributed by atoms with E-state index >= 15 is 0 Å². The summed E-state index contributed by atoms with van der Waals surface area (Å²) >= 11 is 5.85. The Kier molecular flexibility index (Phi) is 6.10. The number of halogens is 4. The SMILES string of the molecule is COC(=O)c1ccc(NC(=O)CNc2cc(C(F)(F)F)ccc2Cl)cc1. The van der Waals surface area contributed by atoms with E-state index in [0.717, 1.165) is 18.2 Å². The topological polar surface area (TPSA) is 67.4 Å². The molecule has 2 rings (SSSR count). The number of amides is 1. The van der Waals surface area contributed by atoms with Gasteiger partial charge >= 0.3 is 12.1 Å². The van der Waals surface area contributed by atoms with Crippen LogP contribution in [0.2, 0.25) is 5.02 Å². The first-order valence-corrected chi connectivity index (χ1v) is 7.67. The Morgan fingerprint density at radius 2 is 1.77 bits per heavy atom. The summed E-state index contributed by atoms with van der Waals surface area (Å²) in [6, 6.07) is 8.74. The molecule has 2 aromatic carbocycles. The van der Waals surface area contributed by atoms with E-state index in [-0.39, 0.29) is 17.3 Å². The molecule has 0 saturated heterocycles. The Morgan fingerprint density at radius 1 is 1.12 bits per heavy atom. The summed E-state index contributed by atoms with van der Waals surface area (Å²) in [6.07, 6.45) is -4.51. The van der Waals surface area contributed by atoms with Crippen LogP contribution in [0.25, 0.3) is 0 Å². The van der Waals surface area contributed by atoms with Crippen LogP contribution in [-0.2, 0) is 15.7 Å². The van der Waals surface area contributed by atoms with E-state index in [1.54, 1.807) is 0 Å². The summed E-state index contributed by atoms with van der Waals surface area (Å²) in [5.74, 6) is -1.01. The third-order valence-electron chi connectivity index (χ3n) is 3.32. The Hall–Kier alpha value is -2.74. The molecule has 0 aliphatic rings. The van der Waals surface area contributed by atoms with E-state index in [1.807, 2.05) is 0 Å². The van der Waals surface area contributed by atoms with E-state index in [4.69, 9.17) is 11.6 Å². The second-order valence-corrected chi connectivity index (χ2v) is 5.57. The maximum Gasteiger partial charge on any atom is 0.416 e. The highest BCUT2D eigenvalue weighted by molar-refractivity contribution is 6.33. The van der Waals surface area contributed by atoms with Gasteiger partial charge in [0.15, 0.2) is 0 Å². The second kappa shape index (κ2) is 8.09. The van der Waals surface area contributed by atoms with Gasteiger partial charge in [0.2, 0.25) is 5.91 Å². The predicted molar refractivity (Wildman–Crippen MR) is 91.4 cm³/mol. The largest absolute Gasteiger partial charge is 0.465 e. The molecule has 5 nitrogen and oxygen atoms in total. The highest BCUT2D eigenvalue weighted by Crippen LogP contribution is 2.33. The van der Waals surface area contributed by atoms with Gasteiger partial charge in [-0.1, -0.05) is 11.6 Å². The number of ether oxygens (including phenoxy) is 1. The van der Waals surface area contributed by atoms with Crippen molar-refractivity contribution in [1.29, 1.82) is 0 Å². The third-order valence-corrected chi connectivity index (χ3v) is 3.65. The fourth-order valence-corrected chi connectivity index (χ4v) is 2.21. The number of hydrogen-bond donors (Lipinski definition) is 2. The standard InChI is InChI=1S/C17H14ClF3N2O3/c1-26-16(25)10-2-5-12(6-3-10)23-15(24)9-22-14-8-11(17(19,20)21)4-7-13(14)18/h2-8,22H,9H2,1H3,(H,23,24). The van der Waals surface area contributed by atoms with Crippen LogP contribution in [0.3, 0.4) is 0 Å². The number of carbonyl (C=O) groups excluding carboxylic acids is 2. The second-order valence-electron chi connectivity index (χ2n) is 5.16. The fraction of sp³-hybridized carbons (Fsp3) is 0.176. The van der Waals surface area contributed by atoms with Gasteiger partial charge in [0.05, 0.1) is 35.5 Å².